The second kappa shape index (κ2) is 8.17. The zero-order valence-corrected chi connectivity index (χ0v) is 15.6. The van der Waals surface area contributed by atoms with E-state index in [2.05, 4.69) is 16.2 Å². The summed E-state index contributed by atoms with van der Waals surface area (Å²) in [4.78, 5) is 36.9. The molecule has 3 rings (SSSR count). The quantitative estimate of drug-likeness (QED) is 0.423. The Morgan fingerprint density at radius 2 is 1.81 bits per heavy atom. The van der Waals surface area contributed by atoms with E-state index in [1.807, 2.05) is 6.07 Å². The Labute approximate surface area is 160 Å². The molecule has 1 aromatic carbocycles. The molecule has 1 aromatic heterocycles. The van der Waals surface area contributed by atoms with Gasteiger partial charge in [0, 0.05) is 23.6 Å². The molecule has 0 radical (unpaired) electrons. The standard InChI is InChI=1S/C18H20N4O4S/c1-19-13-8-7-12(9-14(13)22(25)26)17(23)20-21-18(24)16-10-11-5-3-2-4-6-15(11)27-16/h7-10,19H,2-6H2,1H3,(H,20,23)(H,21,24). The number of fused-ring (bicyclic) bond motifs is 1. The van der Waals surface area contributed by atoms with Crippen LogP contribution >= 0.6 is 11.3 Å². The molecule has 2 aromatic rings. The summed E-state index contributed by atoms with van der Waals surface area (Å²) in [7, 11) is 1.56. The van der Waals surface area contributed by atoms with Gasteiger partial charge in [0.25, 0.3) is 17.5 Å². The molecule has 0 spiro atoms. The van der Waals surface area contributed by atoms with Gasteiger partial charge in [-0.25, -0.2) is 0 Å². The molecule has 2 amide bonds. The lowest BCUT2D eigenvalue weighted by Crippen LogP contribution is -2.41. The van der Waals surface area contributed by atoms with E-state index in [0.29, 0.717) is 10.6 Å². The van der Waals surface area contributed by atoms with Gasteiger partial charge in [-0.1, -0.05) is 6.42 Å². The fourth-order valence-corrected chi connectivity index (χ4v) is 4.21. The molecule has 0 aliphatic heterocycles. The highest BCUT2D eigenvalue weighted by atomic mass is 32.1. The molecule has 1 aliphatic rings. The third-order valence-corrected chi connectivity index (χ3v) is 5.72. The van der Waals surface area contributed by atoms with Crippen molar-refractivity contribution in [3.63, 3.8) is 0 Å². The average Bonchev–Trinajstić information content (AvgIpc) is 2.95. The fourth-order valence-electron chi connectivity index (χ4n) is 3.06. The van der Waals surface area contributed by atoms with E-state index in [1.165, 1.54) is 46.4 Å². The Kier molecular flexibility index (Phi) is 5.70. The Morgan fingerprint density at radius 1 is 1.07 bits per heavy atom. The lowest BCUT2D eigenvalue weighted by molar-refractivity contribution is -0.384. The number of carbonyl (C=O) groups is 2. The van der Waals surface area contributed by atoms with Crippen molar-refractivity contribution in [3.05, 3.63) is 55.3 Å². The minimum atomic E-state index is -0.618. The topological polar surface area (TPSA) is 113 Å². The first-order valence-corrected chi connectivity index (χ1v) is 9.49. The van der Waals surface area contributed by atoms with Crippen LogP contribution in [-0.4, -0.2) is 23.8 Å². The lowest BCUT2D eigenvalue weighted by atomic mass is 10.1. The number of rotatable bonds is 4. The number of anilines is 1. The van der Waals surface area contributed by atoms with Gasteiger partial charge in [-0.2, -0.15) is 0 Å². The first kappa shape index (κ1) is 18.8. The summed E-state index contributed by atoms with van der Waals surface area (Å²) in [6, 6.07) is 5.96. The number of hydrazine groups is 1. The van der Waals surface area contributed by atoms with Gasteiger partial charge in [-0.3, -0.25) is 30.6 Å². The van der Waals surface area contributed by atoms with Crippen LogP contribution in [-0.2, 0) is 12.8 Å². The van der Waals surface area contributed by atoms with E-state index in [0.717, 1.165) is 25.7 Å². The number of benzene rings is 1. The number of amides is 2. The van der Waals surface area contributed by atoms with E-state index >= 15 is 0 Å². The van der Waals surface area contributed by atoms with Crippen LogP contribution in [0.2, 0.25) is 0 Å². The smallest absolute Gasteiger partial charge is 0.293 e. The number of aryl methyl sites for hydroxylation is 2. The normalized spacial score (nSPS) is 13.2. The Balaban J connectivity index is 1.66. The number of carbonyl (C=O) groups excluding carboxylic acids is 2. The van der Waals surface area contributed by atoms with Gasteiger partial charge in [-0.05, 0) is 49.4 Å². The van der Waals surface area contributed by atoms with Crippen LogP contribution in [0.15, 0.2) is 24.3 Å². The highest BCUT2D eigenvalue weighted by Crippen LogP contribution is 2.29. The SMILES string of the molecule is CNc1ccc(C(=O)NNC(=O)c2cc3c(s2)CCCCC3)cc1[N+](=O)[O-]. The highest BCUT2D eigenvalue weighted by molar-refractivity contribution is 7.14. The maximum Gasteiger partial charge on any atom is 0.293 e. The second-order valence-electron chi connectivity index (χ2n) is 6.27. The molecule has 0 bridgehead atoms. The molecule has 3 N–H and O–H groups in total. The number of hydrogen-bond donors (Lipinski definition) is 3. The number of nitrogens with zero attached hydrogens (tertiary/aromatic N) is 1. The van der Waals surface area contributed by atoms with E-state index in [-0.39, 0.29) is 17.2 Å². The van der Waals surface area contributed by atoms with Crippen LogP contribution in [0.1, 0.15) is 49.7 Å². The Morgan fingerprint density at radius 3 is 2.56 bits per heavy atom. The molecule has 27 heavy (non-hydrogen) atoms. The highest BCUT2D eigenvalue weighted by Gasteiger charge is 2.19. The summed E-state index contributed by atoms with van der Waals surface area (Å²) < 4.78 is 0. The van der Waals surface area contributed by atoms with Crippen molar-refractivity contribution in [2.75, 3.05) is 12.4 Å². The van der Waals surface area contributed by atoms with Crippen LogP contribution in [0, 0.1) is 10.1 Å². The van der Waals surface area contributed by atoms with Gasteiger partial charge in [0.2, 0.25) is 0 Å². The predicted octanol–water partition coefficient (Wildman–Crippen LogP) is 3.04. The van der Waals surface area contributed by atoms with Gasteiger partial charge in [0.05, 0.1) is 9.80 Å². The van der Waals surface area contributed by atoms with E-state index in [9.17, 15) is 19.7 Å². The second-order valence-corrected chi connectivity index (χ2v) is 7.40. The number of thiophene rings is 1. The van der Waals surface area contributed by atoms with Gasteiger partial charge < -0.3 is 5.32 Å². The van der Waals surface area contributed by atoms with Crippen molar-refractivity contribution >= 4 is 34.5 Å². The van der Waals surface area contributed by atoms with Gasteiger partial charge in [-0.15, -0.1) is 11.3 Å². The van der Waals surface area contributed by atoms with Crippen molar-refractivity contribution in [1.29, 1.82) is 0 Å². The predicted molar refractivity (Wildman–Crippen MR) is 103 cm³/mol. The van der Waals surface area contributed by atoms with Crippen molar-refractivity contribution in [2.24, 2.45) is 0 Å². The zero-order valence-electron chi connectivity index (χ0n) is 14.8. The first-order valence-electron chi connectivity index (χ1n) is 8.68. The molecule has 1 heterocycles. The van der Waals surface area contributed by atoms with Crippen molar-refractivity contribution in [1.82, 2.24) is 10.9 Å². The summed E-state index contributed by atoms with van der Waals surface area (Å²) >= 11 is 1.45. The molecule has 8 nitrogen and oxygen atoms in total. The van der Waals surface area contributed by atoms with Gasteiger partial charge >= 0.3 is 0 Å². The molecule has 0 atom stereocenters. The summed E-state index contributed by atoms with van der Waals surface area (Å²) in [6.45, 7) is 0. The van der Waals surface area contributed by atoms with Crippen molar-refractivity contribution in [3.8, 4) is 0 Å². The maximum atomic E-state index is 12.3. The molecule has 0 fully saturated rings. The third kappa shape index (κ3) is 4.25. The number of nitro benzene ring substituents is 1. The molecule has 1 aliphatic carbocycles. The minimum Gasteiger partial charge on any atom is -0.383 e. The van der Waals surface area contributed by atoms with Crippen LogP contribution in [0.25, 0.3) is 0 Å². The summed E-state index contributed by atoms with van der Waals surface area (Å²) in [5.74, 6) is -1.00. The number of nitrogens with one attached hydrogen (secondary N) is 3. The van der Waals surface area contributed by atoms with Gasteiger partial charge in [0.1, 0.15) is 5.69 Å². The molecule has 9 heteroatoms. The van der Waals surface area contributed by atoms with E-state index in [1.54, 1.807) is 7.05 Å². The molecular formula is C18H20N4O4S. The molecule has 0 saturated heterocycles. The summed E-state index contributed by atoms with van der Waals surface area (Å²) in [6.07, 6.45) is 5.43. The summed E-state index contributed by atoms with van der Waals surface area (Å²) in [5, 5.41) is 13.8. The van der Waals surface area contributed by atoms with E-state index < -0.39 is 10.8 Å². The Bertz CT molecular complexity index is 870. The van der Waals surface area contributed by atoms with Crippen LogP contribution < -0.4 is 16.2 Å². The van der Waals surface area contributed by atoms with Crippen molar-refractivity contribution in [2.45, 2.75) is 32.1 Å². The third-order valence-electron chi connectivity index (χ3n) is 4.49. The summed E-state index contributed by atoms with van der Waals surface area (Å²) in [5.41, 5.74) is 6.10. The minimum absolute atomic E-state index is 0.0861. The van der Waals surface area contributed by atoms with Crippen LogP contribution in [0.4, 0.5) is 11.4 Å². The first-order chi connectivity index (χ1) is 13.0. The molecule has 0 unspecified atom stereocenters. The molecule has 142 valence electrons. The monoisotopic (exact) mass is 388 g/mol. The molecule has 0 saturated carbocycles. The Hall–Kier alpha value is -2.94. The number of hydrogen-bond acceptors (Lipinski definition) is 6. The van der Waals surface area contributed by atoms with Crippen LogP contribution in [0.5, 0.6) is 0 Å². The fraction of sp³-hybridized carbons (Fsp3) is 0.333. The maximum absolute atomic E-state index is 12.3. The van der Waals surface area contributed by atoms with Crippen molar-refractivity contribution < 1.29 is 14.5 Å². The largest absolute Gasteiger partial charge is 0.383 e. The van der Waals surface area contributed by atoms with Gasteiger partial charge in [0.15, 0.2) is 0 Å². The zero-order chi connectivity index (χ0) is 19.4. The molecular weight excluding hydrogens is 368 g/mol. The van der Waals surface area contributed by atoms with Crippen LogP contribution in [0.3, 0.4) is 0 Å². The average molecular weight is 388 g/mol. The number of nitro groups is 1. The lowest BCUT2D eigenvalue weighted by Gasteiger charge is -2.08. The van der Waals surface area contributed by atoms with E-state index in [4.69, 9.17) is 0 Å².